The van der Waals surface area contributed by atoms with Crippen LogP contribution in [0, 0.1) is 0 Å². The van der Waals surface area contributed by atoms with Crippen molar-refractivity contribution >= 4 is 27.3 Å². The van der Waals surface area contributed by atoms with E-state index in [9.17, 15) is 13.2 Å². The van der Waals surface area contributed by atoms with Crippen molar-refractivity contribution in [3.05, 3.63) is 22.4 Å². The second kappa shape index (κ2) is 8.08. The highest BCUT2D eigenvalue weighted by molar-refractivity contribution is 7.89. The Morgan fingerprint density at radius 2 is 2.23 bits per heavy atom. The molecule has 0 saturated carbocycles. The molecule has 1 aromatic rings. The van der Waals surface area contributed by atoms with Crippen molar-refractivity contribution in [2.45, 2.75) is 51.0 Å². The highest BCUT2D eigenvalue weighted by atomic mass is 32.2. The van der Waals surface area contributed by atoms with Crippen molar-refractivity contribution in [1.82, 2.24) is 4.90 Å². The van der Waals surface area contributed by atoms with Crippen molar-refractivity contribution in [2.75, 3.05) is 12.3 Å². The summed E-state index contributed by atoms with van der Waals surface area (Å²) in [5.74, 6) is -0.0496. The maximum atomic E-state index is 12.3. The summed E-state index contributed by atoms with van der Waals surface area (Å²) in [5, 5.41) is 7.05. The molecule has 5 nitrogen and oxygen atoms in total. The van der Waals surface area contributed by atoms with Crippen LogP contribution in [0.15, 0.2) is 17.5 Å². The Bertz CT molecular complexity index is 570. The monoisotopic (exact) mass is 344 g/mol. The van der Waals surface area contributed by atoms with Gasteiger partial charge in [-0.15, -0.1) is 11.3 Å². The van der Waals surface area contributed by atoms with E-state index in [-0.39, 0.29) is 24.1 Å². The Morgan fingerprint density at radius 1 is 1.41 bits per heavy atom. The van der Waals surface area contributed by atoms with E-state index in [0.29, 0.717) is 6.42 Å². The third-order valence-electron chi connectivity index (χ3n) is 4.07. The van der Waals surface area contributed by atoms with Gasteiger partial charge in [-0.3, -0.25) is 4.79 Å². The number of carbonyl (C=O) groups excluding carboxylic acids is 1. The van der Waals surface area contributed by atoms with E-state index in [1.807, 2.05) is 4.90 Å². The Labute approximate surface area is 136 Å². The van der Waals surface area contributed by atoms with Crippen molar-refractivity contribution < 1.29 is 13.2 Å². The molecule has 1 saturated heterocycles. The number of hydrogen-bond acceptors (Lipinski definition) is 4. The van der Waals surface area contributed by atoms with Gasteiger partial charge in [-0.1, -0.05) is 6.07 Å². The van der Waals surface area contributed by atoms with E-state index in [1.54, 1.807) is 11.3 Å². The minimum atomic E-state index is -3.47. The second-order valence-corrected chi connectivity index (χ2v) is 8.59. The van der Waals surface area contributed by atoms with Gasteiger partial charge < -0.3 is 4.90 Å². The van der Waals surface area contributed by atoms with E-state index >= 15 is 0 Å². The molecule has 0 aromatic carbocycles. The van der Waals surface area contributed by atoms with Crippen LogP contribution in [-0.4, -0.2) is 37.6 Å². The maximum Gasteiger partial charge on any atom is 0.222 e. The van der Waals surface area contributed by atoms with Gasteiger partial charge >= 0.3 is 0 Å². The molecule has 0 spiro atoms. The average molecular weight is 345 g/mol. The molecule has 0 bridgehead atoms. The summed E-state index contributed by atoms with van der Waals surface area (Å²) in [6.07, 6.45) is 5.82. The molecule has 1 aromatic heterocycles. The number of rotatable bonds is 7. The van der Waals surface area contributed by atoms with Crippen molar-refractivity contribution in [3.63, 3.8) is 0 Å². The molecule has 1 aliphatic heterocycles. The van der Waals surface area contributed by atoms with E-state index in [2.05, 4.69) is 17.5 Å². The fourth-order valence-electron chi connectivity index (χ4n) is 2.96. The molecule has 7 heteroatoms. The number of thiophene rings is 1. The first-order valence-electron chi connectivity index (χ1n) is 7.78. The van der Waals surface area contributed by atoms with Crippen molar-refractivity contribution in [1.29, 1.82) is 0 Å². The molecule has 1 atom stereocenters. The van der Waals surface area contributed by atoms with Gasteiger partial charge in [-0.2, -0.15) is 0 Å². The van der Waals surface area contributed by atoms with Crippen LogP contribution in [0.2, 0.25) is 0 Å². The van der Waals surface area contributed by atoms with Crippen LogP contribution >= 0.6 is 11.3 Å². The topological polar surface area (TPSA) is 80.5 Å². The summed E-state index contributed by atoms with van der Waals surface area (Å²) in [7, 11) is -3.47. The summed E-state index contributed by atoms with van der Waals surface area (Å²) in [6, 6.07) is 4.47. The molecule has 1 fully saturated rings. The second-order valence-electron chi connectivity index (χ2n) is 5.83. The van der Waals surface area contributed by atoms with Crippen LogP contribution in [0.1, 0.15) is 43.4 Å². The van der Waals surface area contributed by atoms with Gasteiger partial charge in [0, 0.05) is 23.9 Å². The maximum absolute atomic E-state index is 12.3. The number of nitrogens with two attached hydrogens (primary N) is 1. The molecule has 2 N–H and O–H groups in total. The van der Waals surface area contributed by atoms with Crippen molar-refractivity contribution in [3.8, 4) is 0 Å². The Morgan fingerprint density at radius 3 is 2.91 bits per heavy atom. The SMILES string of the molecule is NS(=O)(=O)CCCC(=O)N1CCCC[C@H]1CCc1cccs1. The quantitative estimate of drug-likeness (QED) is 0.823. The summed E-state index contributed by atoms with van der Waals surface area (Å²) >= 11 is 1.75. The first-order valence-corrected chi connectivity index (χ1v) is 10.4. The Hall–Kier alpha value is -0.920. The fraction of sp³-hybridized carbons (Fsp3) is 0.667. The van der Waals surface area contributed by atoms with Gasteiger partial charge in [0.2, 0.25) is 15.9 Å². The number of piperidine rings is 1. The number of likely N-dealkylation sites (tertiary alicyclic amines) is 1. The largest absolute Gasteiger partial charge is 0.340 e. The number of amides is 1. The third kappa shape index (κ3) is 5.70. The highest BCUT2D eigenvalue weighted by Gasteiger charge is 2.26. The number of sulfonamides is 1. The molecule has 124 valence electrons. The van der Waals surface area contributed by atoms with Crippen LogP contribution in [0.4, 0.5) is 0 Å². The van der Waals surface area contributed by atoms with Gasteiger partial charge in [0.15, 0.2) is 0 Å². The molecule has 2 rings (SSSR count). The molecular formula is C15H24N2O3S2. The Balaban J connectivity index is 1.84. The predicted octanol–water partition coefficient (Wildman–Crippen LogP) is 2.13. The van der Waals surface area contributed by atoms with Gasteiger partial charge in [0.1, 0.15) is 0 Å². The average Bonchev–Trinajstić information content (AvgIpc) is 2.97. The van der Waals surface area contributed by atoms with E-state index in [1.165, 1.54) is 4.88 Å². The molecule has 22 heavy (non-hydrogen) atoms. The van der Waals surface area contributed by atoms with E-state index < -0.39 is 10.0 Å². The molecule has 0 aliphatic carbocycles. The predicted molar refractivity (Wildman–Crippen MR) is 89.2 cm³/mol. The molecular weight excluding hydrogens is 320 g/mol. The molecule has 1 aliphatic rings. The van der Waals surface area contributed by atoms with Gasteiger partial charge in [0.05, 0.1) is 5.75 Å². The lowest BCUT2D eigenvalue weighted by molar-refractivity contribution is -0.135. The number of hydrogen-bond donors (Lipinski definition) is 1. The first kappa shape index (κ1) is 17.4. The number of aryl methyl sites for hydroxylation is 1. The van der Waals surface area contributed by atoms with Gasteiger partial charge in [-0.05, 0) is 50.0 Å². The number of nitrogens with zero attached hydrogens (tertiary/aromatic N) is 1. The number of primary sulfonamides is 1. The summed E-state index contributed by atoms with van der Waals surface area (Å²) in [5.41, 5.74) is 0. The number of carbonyl (C=O) groups is 1. The highest BCUT2D eigenvalue weighted by Crippen LogP contribution is 2.23. The first-order chi connectivity index (χ1) is 10.5. The minimum absolute atomic E-state index is 0.0690. The zero-order chi connectivity index (χ0) is 16.0. The molecule has 1 amide bonds. The van der Waals surface area contributed by atoms with Crippen LogP contribution in [0.5, 0.6) is 0 Å². The van der Waals surface area contributed by atoms with E-state index in [4.69, 9.17) is 5.14 Å². The van der Waals surface area contributed by atoms with Gasteiger partial charge in [-0.25, -0.2) is 13.6 Å². The van der Waals surface area contributed by atoms with Crippen LogP contribution in [0.3, 0.4) is 0 Å². The molecule has 0 radical (unpaired) electrons. The van der Waals surface area contributed by atoms with Crippen LogP contribution < -0.4 is 5.14 Å². The molecule has 0 unspecified atom stereocenters. The summed E-state index contributed by atoms with van der Waals surface area (Å²) < 4.78 is 21.9. The minimum Gasteiger partial charge on any atom is -0.340 e. The molecule has 2 heterocycles. The van der Waals surface area contributed by atoms with Crippen LogP contribution in [-0.2, 0) is 21.2 Å². The third-order valence-corrected chi connectivity index (χ3v) is 5.86. The zero-order valence-corrected chi connectivity index (χ0v) is 14.4. The van der Waals surface area contributed by atoms with Crippen LogP contribution in [0.25, 0.3) is 0 Å². The zero-order valence-electron chi connectivity index (χ0n) is 12.7. The standard InChI is InChI=1S/C15H24N2O3S2/c16-22(19,20)12-4-7-15(18)17-10-2-1-5-13(17)8-9-14-6-3-11-21-14/h3,6,11,13H,1-2,4-5,7-10,12H2,(H2,16,19,20)/t13-/m0/s1. The fourth-order valence-corrected chi connectivity index (χ4v) is 4.23. The van der Waals surface area contributed by atoms with E-state index in [0.717, 1.165) is 38.6 Å². The smallest absolute Gasteiger partial charge is 0.222 e. The Kier molecular flexibility index (Phi) is 6.40. The lowest BCUT2D eigenvalue weighted by atomic mass is 9.97. The summed E-state index contributed by atoms with van der Waals surface area (Å²) in [4.78, 5) is 15.7. The summed E-state index contributed by atoms with van der Waals surface area (Å²) in [6.45, 7) is 0.795. The lowest BCUT2D eigenvalue weighted by Crippen LogP contribution is -2.44. The van der Waals surface area contributed by atoms with Gasteiger partial charge in [0.25, 0.3) is 0 Å². The normalized spacial score (nSPS) is 19.3. The lowest BCUT2D eigenvalue weighted by Gasteiger charge is -2.36. The van der Waals surface area contributed by atoms with Crippen molar-refractivity contribution in [2.24, 2.45) is 5.14 Å².